The molecular weight excluding hydrogens is 443 g/mol. The highest BCUT2D eigenvalue weighted by molar-refractivity contribution is 6.51. The van der Waals surface area contributed by atoms with Gasteiger partial charge in [-0.15, -0.1) is 23.2 Å². The first kappa shape index (κ1) is 23.4. The molecule has 0 aromatic carbocycles. The van der Waals surface area contributed by atoms with E-state index < -0.39 is 22.3 Å². The Balaban J connectivity index is 1.63. The monoisotopic (exact) mass is 468 g/mol. The van der Waals surface area contributed by atoms with Crippen molar-refractivity contribution in [1.82, 2.24) is 15.2 Å². The summed E-state index contributed by atoms with van der Waals surface area (Å²) in [6.07, 6.45) is 3.87. The summed E-state index contributed by atoms with van der Waals surface area (Å²) in [6, 6.07) is 0.844. The van der Waals surface area contributed by atoms with Gasteiger partial charge in [-0.25, -0.2) is 0 Å². The number of anilines is 1. The first-order chi connectivity index (χ1) is 14.5. The summed E-state index contributed by atoms with van der Waals surface area (Å²) in [4.78, 5) is 42.5. The smallest absolute Gasteiger partial charge is 0.243 e. The van der Waals surface area contributed by atoms with Crippen molar-refractivity contribution < 1.29 is 14.4 Å². The molecule has 0 radical (unpaired) electrons. The highest BCUT2D eigenvalue weighted by atomic mass is 35.5. The SMILES string of the molecule is CC(=O)C(=N)c1ccncc1NCC(=O)N1C(N)CC[C@H]1C(=O)NCC1(C)CC1(Cl)Cl. The van der Waals surface area contributed by atoms with Crippen LogP contribution in [0.25, 0.3) is 0 Å². The molecule has 2 amide bonds. The van der Waals surface area contributed by atoms with Crippen molar-refractivity contribution in [3.63, 3.8) is 0 Å². The van der Waals surface area contributed by atoms with Crippen LogP contribution in [0.15, 0.2) is 18.5 Å². The van der Waals surface area contributed by atoms with Crippen molar-refractivity contribution in [1.29, 1.82) is 5.41 Å². The number of aromatic nitrogens is 1. The number of hydrogen-bond acceptors (Lipinski definition) is 7. The molecule has 1 aliphatic carbocycles. The lowest BCUT2D eigenvalue weighted by Crippen LogP contribution is -2.53. The molecule has 9 nitrogen and oxygen atoms in total. The maximum Gasteiger partial charge on any atom is 0.243 e. The van der Waals surface area contributed by atoms with Crippen molar-refractivity contribution in [2.45, 2.75) is 49.7 Å². The zero-order valence-electron chi connectivity index (χ0n) is 17.4. The molecule has 1 aliphatic heterocycles. The van der Waals surface area contributed by atoms with Gasteiger partial charge in [0.05, 0.1) is 24.6 Å². The van der Waals surface area contributed by atoms with Crippen LogP contribution in [0.1, 0.15) is 38.7 Å². The second-order valence-corrected chi connectivity index (χ2v) is 9.81. The average Bonchev–Trinajstić information content (AvgIpc) is 3.02. The number of alkyl halides is 2. The van der Waals surface area contributed by atoms with E-state index in [1.54, 1.807) is 0 Å². The van der Waals surface area contributed by atoms with Crippen molar-refractivity contribution in [2.24, 2.45) is 11.1 Å². The van der Waals surface area contributed by atoms with E-state index >= 15 is 0 Å². The van der Waals surface area contributed by atoms with E-state index in [-0.39, 0.29) is 29.5 Å². The quantitative estimate of drug-likeness (QED) is 0.335. The summed E-state index contributed by atoms with van der Waals surface area (Å²) in [5.74, 6) is -1.06. The Labute approximate surface area is 190 Å². The van der Waals surface area contributed by atoms with Crippen LogP contribution in [0.3, 0.4) is 0 Å². The summed E-state index contributed by atoms with van der Waals surface area (Å²) in [5.41, 5.74) is 6.25. The molecule has 1 saturated heterocycles. The van der Waals surface area contributed by atoms with Gasteiger partial charge < -0.3 is 21.3 Å². The molecule has 168 valence electrons. The van der Waals surface area contributed by atoms with Crippen LogP contribution in [-0.4, -0.2) is 62.8 Å². The first-order valence-electron chi connectivity index (χ1n) is 9.97. The molecule has 3 rings (SSSR count). The molecule has 2 heterocycles. The molecule has 2 unspecified atom stereocenters. The van der Waals surface area contributed by atoms with Crippen molar-refractivity contribution in [2.75, 3.05) is 18.4 Å². The minimum atomic E-state index is -0.846. The summed E-state index contributed by atoms with van der Waals surface area (Å²) in [5, 5.41) is 13.7. The van der Waals surface area contributed by atoms with Gasteiger partial charge in [0, 0.05) is 30.6 Å². The molecule has 11 heteroatoms. The maximum absolute atomic E-state index is 12.9. The van der Waals surface area contributed by atoms with Gasteiger partial charge in [-0.05, 0) is 25.3 Å². The molecule has 2 aliphatic rings. The van der Waals surface area contributed by atoms with E-state index in [0.717, 1.165) is 0 Å². The zero-order chi connectivity index (χ0) is 23.0. The molecule has 1 saturated carbocycles. The third-order valence-electron chi connectivity index (χ3n) is 5.92. The number of amides is 2. The minimum absolute atomic E-state index is 0.161. The number of halogens is 2. The van der Waals surface area contributed by atoms with E-state index in [0.29, 0.717) is 37.1 Å². The number of nitrogens with one attached hydrogen (secondary N) is 3. The van der Waals surface area contributed by atoms with Crippen molar-refractivity contribution in [3.8, 4) is 0 Å². The molecular formula is C20H26Cl2N6O3. The van der Waals surface area contributed by atoms with Gasteiger partial charge in [-0.3, -0.25) is 24.8 Å². The molecule has 31 heavy (non-hydrogen) atoms. The largest absolute Gasteiger partial charge is 0.374 e. The molecule has 0 bridgehead atoms. The van der Waals surface area contributed by atoms with Gasteiger partial charge in [-0.1, -0.05) is 6.92 Å². The molecule has 5 N–H and O–H groups in total. The minimum Gasteiger partial charge on any atom is -0.374 e. The zero-order valence-corrected chi connectivity index (χ0v) is 18.9. The van der Waals surface area contributed by atoms with E-state index in [1.807, 2.05) is 6.92 Å². The highest BCUT2D eigenvalue weighted by Crippen LogP contribution is 2.63. The Morgan fingerprint density at radius 2 is 2.03 bits per heavy atom. The fraction of sp³-hybridized carbons (Fsp3) is 0.550. The van der Waals surface area contributed by atoms with Crippen LogP contribution in [-0.2, 0) is 14.4 Å². The first-order valence-corrected chi connectivity index (χ1v) is 10.7. The van der Waals surface area contributed by atoms with E-state index in [1.165, 1.54) is 30.3 Å². The standard InChI is InChI=1S/C20H26Cl2N6O3/c1-11(29)17(24)12-5-6-25-7-13(12)26-8-16(30)28-14(3-4-15(28)23)18(31)27-10-19(2)9-20(19,21)22/h5-7,14-15,24,26H,3-4,8-10,23H2,1-2H3,(H,27,31)/t14-,15?,19?/m0/s1. The van der Waals surface area contributed by atoms with Gasteiger partial charge in [0.1, 0.15) is 16.1 Å². The van der Waals surface area contributed by atoms with Crippen LogP contribution < -0.4 is 16.4 Å². The van der Waals surface area contributed by atoms with Crippen LogP contribution >= 0.6 is 23.2 Å². The summed E-state index contributed by atoms with van der Waals surface area (Å²) < 4.78 is -0.846. The summed E-state index contributed by atoms with van der Waals surface area (Å²) in [7, 11) is 0. The Hall–Kier alpha value is -2.23. The van der Waals surface area contributed by atoms with E-state index in [9.17, 15) is 14.4 Å². The van der Waals surface area contributed by atoms with E-state index in [4.69, 9.17) is 34.3 Å². The topological polar surface area (TPSA) is 141 Å². The van der Waals surface area contributed by atoms with Gasteiger partial charge in [0.2, 0.25) is 11.8 Å². The Bertz CT molecular complexity index is 924. The summed E-state index contributed by atoms with van der Waals surface area (Å²) in [6.45, 7) is 3.35. The molecule has 0 spiro atoms. The number of likely N-dealkylation sites (tertiary alicyclic amines) is 1. The lowest BCUT2D eigenvalue weighted by Gasteiger charge is -2.28. The number of rotatable bonds is 8. The second kappa shape index (κ2) is 8.72. The average molecular weight is 469 g/mol. The van der Waals surface area contributed by atoms with Crippen LogP contribution in [0.4, 0.5) is 5.69 Å². The fourth-order valence-electron chi connectivity index (χ4n) is 3.70. The van der Waals surface area contributed by atoms with Gasteiger partial charge in [-0.2, -0.15) is 0 Å². The number of carbonyl (C=O) groups is 3. The Morgan fingerprint density at radius 3 is 2.65 bits per heavy atom. The van der Waals surface area contributed by atoms with Crippen LogP contribution in [0, 0.1) is 10.8 Å². The predicted octanol–water partition coefficient (Wildman–Crippen LogP) is 1.43. The van der Waals surface area contributed by atoms with Crippen LogP contribution in [0.2, 0.25) is 0 Å². The second-order valence-electron chi connectivity index (χ2n) is 8.33. The Kier molecular flexibility index (Phi) is 6.59. The predicted molar refractivity (Wildman–Crippen MR) is 118 cm³/mol. The van der Waals surface area contributed by atoms with Gasteiger partial charge in [0.15, 0.2) is 5.78 Å². The number of nitrogens with two attached hydrogens (primary N) is 1. The normalized spacial score (nSPS) is 26.3. The number of hydrogen-bond donors (Lipinski definition) is 4. The number of Topliss-reactive ketones (excluding diaryl/α,β-unsaturated/α-hetero) is 1. The lowest BCUT2D eigenvalue weighted by atomic mass is 10.1. The molecule has 1 aromatic heterocycles. The molecule has 3 atom stereocenters. The molecule has 1 aromatic rings. The van der Waals surface area contributed by atoms with Crippen molar-refractivity contribution in [3.05, 3.63) is 24.0 Å². The number of nitrogens with zero attached hydrogens (tertiary/aromatic N) is 2. The summed E-state index contributed by atoms with van der Waals surface area (Å²) >= 11 is 12.3. The number of pyridine rings is 1. The third-order valence-corrected chi connectivity index (χ3v) is 7.09. The van der Waals surface area contributed by atoms with Crippen molar-refractivity contribution >= 4 is 52.2 Å². The Morgan fingerprint density at radius 1 is 1.35 bits per heavy atom. The van der Waals surface area contributed by atoms with Gasteiger partial charge in [0.25, 0.3) is 0 Å². The number of ketones is 1. The molecule has 2 fully saturated rings. The fourth-order valence-corrected chi connectivity index (χ4v) is 4.42. The van der Waals surface area contributed by atoms with Gasteiger partial charge >= 0.3 is 0 Å². The maximum atomic E-state index is 12.9. The number of carbonyl (C=O) groups excluding carboxylic acids is 3. The van der Waals surface area contributed by atoms with Crippen LogP contribution in [0.5, 0.6) is 0 Å². The highest BCUT2D eigenvalue weighted by Gasteiger charge is 2.62. The van der Waals surface area contributed by atoms with E-state index in [2.05, 4.69) is 15.6 Å². The lowest BCUT2D eigenvalue weighted by molar-refractivity contribution is -0.139. The third kappa shape index (κ3) is 4.83.